The lowest BCUT2D eigenvalue weighted by Crippen LogP contribution is -2.47. The van der Waals surface area contributed by atoms with E-state index in [2.05, 4.69) is 40.4 Å². The third kappa shape index (κ3) is 6.89. The minimum absolute atomic E-state index is 0.265. The largest absolute Gasteiger partial charge is 0.416 e. The molecule has 0 radical (unpaired) electrons. The number of anilines is 2. The van der Waals surface area contributed by atoms with E-state index in [9.17, 15) is 18.0 Å². The summed E-state index contributed by atoms with van der Waals surface area (Å²) in [7, 11) is 0. The maximum absolute atomic E-state index is 13.0. The van der Waals surface area contributed by atoms with Gasteiger partial charge >= 0.3 is 6.18 Å². The second-order valence-corrected chi connectivity index (χ2v) is 9.72. The molecule has 1 amide bonds. The summed E-state index contributed by atoms with van der Waals surface area (Å²) in [5.41, 5.74) is 2.47. The van der Waals surface area contributed by atoms with E-state index >= 15 is 0 Å². The van der Waals surface area contributed by atoms with E-state index in [1.165, 1.54) is 10.9 Å². The van der Waals surface area contributed by atoms with Gasteiger partial charge in [0.2, 0.25) is 0 Å². The third-order valence-electron chi connectivity index (χ3n) is 6.89. The molecule has 0 bridgehead atoms. The van der Waals surface area contributed by atoms with E-state index in [1.54, 1.807) is 25.4 Å². The van der Waals surface area contributed by atoms with Crippen molar-refractivity contribution in [2.45, 2.75) is 20.0 Å². The van der Waals surface area contributed by atoms with E-state index in [4.69, 9.17) is 4.74 Å². The quantitative estimate of drug-likeness (QED) is 0.294. The Hall–Kier alpha value is -4.43. The lowest BCUT2D eigenvalue weighted by Gasteiger charge is -2.35. The fraction of sp³-hybridized carbons (Fsp3) is 0.357. The van der Waals surface area contributed by atoms with Crippen LogP contribution in [0.3, 0.4) is 0 Å². The Kier molecular flexibility index (Phi) is 8.73. The Morgan fingerprint density at radius 2 is 1.88 bits per heavy atom. The average molecular weight is 582 g/mol. The minimum atomic E-state index is -4.59. The zero-order valence-corrected chi connectivity index (χ0v) is 23.2. The SMILES string of the molecule is CCOCCN1CCN(c2cncc(-c3cn(-c4cc(NC(=O)c5cc(C(F)(F)F)ccn5)cnc4C)nn3)c2)CC1. The van der Waals surface area contributed by atoms with E-state index in [1.807, 2.05) is 19.2 Å². The Morgan fingerprint density at radius 3 is 2.64 bits per heavy atom. The molecular formula is C28H30F3N9O2. The number of carbonyl (C=O) groups excluding carboxylic acids is 1. The molecule has 1 fully saturated rings. The summed E-state index contributed by atoms with van der Waals surface area (Å²) in [6, 6.07) is 5.15. The summed E-state index contributed by atoms with van der Waals surface area (Å²) < 4.78 is 46.1. The van der Waals surface area contributed by atoms with Crippen LogP contribution in [0.1, 0.15) is 28.7 Å². The van der Waals surface area contributed by atoms with Gasteiger partial charge in [-0.05, 0) is 38.1 Å². The first kappa shape index (κ1) is 29.1. The molecule has 0 atom stereocenters. The third-order valence-corrected chi connectivity index (χ3v) is 6.89. The number of ether oxygens (including phenoxy) is 1. The molecule has 1 aliphatic rings. The molecule has 42 heavy (non-hydrogen) atoms. The molecule has 14 heteroatoms. The van der Waals surface area contributed by atoms with E-state index < -0.39 is 17.6 Å². The van der Waals surface area contributed by atoms with Gasteiger partial charge < -0.3 is 15.0 Å². The molecule has 5 rings (SSSR count). The minimum Gasteiger partial charge on any atom is -0.380 e. The number of piperazine rings is 1. The van der Waals surface area contributed by atoms with Crippen molar-refractivity contribution in [2.24, 2.45) is 0 Å². The van der Waals surface area contributed by atoms with Crippen LogP contribution in [0.2, 0.25) is 0 Å². The maximum Gasteiger partial charge on any atom is 0.416 e. The van der Waals surface area contributed by atoms with Crippen molar-refractivity contribution in [3.05, 3.63) is 72.2 Å². The van der Waals surface area contributed by atoms with Crippen molar-refractivity contribution in [1.82, 2.24) is 34.8 Å². The van der Waals surface area contributed by atoms with Gasteiger partial charge in [0, 0.05) is 57.3 Å². The molecule has 0 spiro atoms. The van der Waals surface area contributed by atoms with E-state index in [0.29, 0.717) is 23.1 Å². The number of hydrogen-bond donors (Lipinski definition) is 1. The van der Waals surface area contributed by atoms with Crippen LogP contribution in [0.15, 0.2) is 55.2 Å². The average Bonchev–Trinajstić information content (AvgIpc) is 3.49. The van der Waals surface area contributed by atoms with Gasteiger partial charge in [-0.3, -0.25) is 24.6 Å². The Labute approximate surface area is 240 Å². The van der Waals surface area contributed by atoms with Gasteiger partial charge in [-0.2, -0.15) is 13.2 Å². The second-order valence-electron chi connectivity index (χ2n) is 9.72. The van der Waals surface area contributed by atoms with E-state index in [0.717, 1.165) is 69.5 Å². The van der Waals surface area contributed by atoms with Crippen molar-refractivity contribution >= 4 is 17.3 Å². The van der Waals surface area contributed by atoms with Crippen LogP contribution in [0.25, 0.3) is 16.9 Å². The van der Waals surface area contributed by atoms with Crippen LogP contribution >= 0.6 is 0 Å². The van der Waals surface area contributed by atoms with Crippen LogP contribution in [0.4, 0.5) is 24.5 Å². The van der Waals surface area contributed by atoms with Gasteiger partial charge in [0.15, 0.2) is 0 Å². The predicted octanol–water partition coefficient (Wildman–Crippen LogP) is 3.86. The number of nitrogens with zero attached hydrogens (tertiary/aromatic N) is 8. The molecule has 1 aliphatic heterocycles. The number of hydrogen-bond acceptors (Lipinski definition) is 9. The van der Waals surface area contributed by atoms with Gasteiger partial charge in [0.1, 0.15) is 11.4 Å². The number of aromatic nitrogens is 6. The first-order chi connectivity index (χ1) is 20.2. The van der Waals surface area contributed by atoms with Crippen LogP contribution in [0, 0.1) is 6.92 Å². The number of carbonyl (C=O) groups is 1. The zero-order valence-electron chi connectivity index (χ0n) is 23.2. The maximum atomic E-state index is 13.0. The van der Waals surface area contributed by atoms with Crippen molar-refractivity contribution in [1.29, 1.82) is 0 Å². The van der Waals surface area contributed by atoms with Gasteiger partial charge in [-0.15, -0.1) is 5.10 Å². The van der Waals surface area contributed by atoms with Gasteiger partial charge in [0.25, 0.3) is 5.91 Å². The van der Waals surface area contributed by atoms with Crippen LogP contribution in [0.5, 0.6) is 0 Å². The summed E-state index contributed by atoms with van der Waals surface area (Å²) in [6.07, 6.45) is 3.06. The topological polar surface area (TPSA) is 114 Å². The molecule has 5 heterocycles. The zero-order chi connectivity index (χ0) is 29.7. The molecular weight excluding hydrogens is 551 g/mol. The number of rotatable bonds is 9. The number of amides is 1. The highest BCUT2D eigenvalue weighted by Gasteiger charge is 2.31. The smallest absolute Gasteiger partial charge is 0.380 e. The number of halogens is 3. The Bertz CT molecular complexity index is 1540. The van der Waals surface area contributed by atoms with Gasteiger partial charge in [-0.25, -0.2) is 4.68 Å². The number of alkyl halides is 3. The molecule has 4 aromatic heterocycles. The lowest BCUT2D eigenvalue weighted by atomic mass is 10.2. The molecule has 1 saturated heterocycles. The molecule has 4 aromatic rings. The molecule has 0 aliphatic carbocycles. The van der Waals surface area contributed by atoms with Crippen LogP contribution in [-0.4, -0.2) is 86.7 Å². The molecule has 11 nitrogen and oxygen atoms in total. The van der Waals surface area contributed by atoms with Gasteiger partial charge in [0.05, 0.1) is 53.5 Å². The predicted molar refractivity (Wildman–Crippen MR) is 149 cm³/mol. The lowest BCUT2D eigenvalue weighted by molar-refractivity contribution is -0.137. The first-order valence-corrected chi connectivity index (χ1v) is 13.5. The van der Waals surface area contributed by atoms with E-state index in [-0.39, 0.29) is 11.4 Å². The molecule has 0 saturated carbocycles. The molecule has 0 aromatic carbocycles. The monoisotopic (exact) mass is 581 g/mol. The first-order valence-electron chi connectivity index (χ1n) is 13.5. The summed E-state index contributed by atoms with van der Waals surface area (Å²) >= 11 is 0. The van der Waals surface area contributed by atoms with Crippen molar-refractivity contribution < 1.29 is 22.7 Å². The van der Waals surface area contributed by atoms with Crippen molar-refractivity contribution in [2.75, 3.05) is 56.2 Å². The highest BCUT2D eigenvalue weighted by Crippen LogP contribution is 2.29. The molecule has 0 unspecified atom stereocenters. The second kappa shape index (κ2) is 12.6. The highest BCUT2D eigenvalue weighted by molar-refractivity contribution is 6.03. The Balaban J connectivity index is 1.28. The summed E-state index contributed by atoms with van der Waals surface area (Å²) in [5.74, 6) is -0.796. The molecule has 1 N–H and O–H groups in total. The van der Waals surface area contributed by atoms with Crippen LogP contribution in [-0.2, 0) is 10.9 Å². The number of pyridine rings is 3. The van der Waals surface area contributed by atoms with Crippen molar-refractivity contribution in [3.63, 3.8) is 0 Å². The molecule has 220 valence electrons. The van der Waals surface area contributed by atoms with Gasteiger partial charge in [-0.1, -0.05) is 5.21 Å². The van der Waals surface area contributed by atoms with Crippen LogP contribution < -0.4 is 10.2 Å². The number of aryl methyl sites for hydroxylation is 1. The summed E-state index contributed by atoms with van der Waals surface area (Å²) in [5, 5.41) is 11.1. The normalized spacial score (nSPS) is 14.3. The highest BCUT2D eigenvalue weighted by atomic mass is 19.4. The Morgan fingerprint density at radius 1 is 1.07 bits per heavy atom. The fourth-order valence-electron chi connectivity index (χ4n) is 4.57. The van der Waals surface area contributed by atoms with Crippen molar-refractivity contribution in [3.8, 4) is 16.9 Å². The summed E-state index contributed by atoms with van der Waals surface area (Å²) in [4.78, 5) is 29.8. The standard InChI is InChI=1S/C28H30F3N9O2/c1-3-42-11-10-38-6-8-39(9-7-38)23-12-20(15-32-17-23)25-18-40(37-36-25)26-14-22(16-34-19(26)2)35-27(41)24-13-21(4-5-33-24)28(29,30)31/h4-5,12-18H,3,6-11H2,1-2H3,(H,35,41). The fourth-order valence-corrected chi connectivity index (χ4v) is 4.57. The summed E-state index contributed by atoms with van der Waals surface area (Å²) in [6.45, 7) is 9.79. The number of nitrogens with one attached hydrogen (secondary N) is 1.